The molecule has 2 heterocycles. The molecular weight excluding hydrogens is 779 g/mol. The van der Waals surface area contributed by atoms with Crippen LogP contribution in [0.15, 0.2) is 72.8 Å². The summed E-state index contributed by atoms with van der Waals surface area (Å²) in [7, 11) is 1.37. The molecule has 1 saturated carbocycles. The van der Waals surface area contributed by atoms with E-state index in [1.54, 1.807) is 23.1 Å². The van der Waals surface area contributed by atoms with Crippen LogP contribution in [-0.4, -0.2) is 96.0 Å². The van der Waals surface area contributed by atoms with Gasteiger partial charge >= 0.3 is 12.1 Å². The molecule has 2 aliphatic carbocycles. The van der Waals surface area contributed by atoms with Gasteiger partial charge in [-0.15, -0.1) is 11.3 Å². The number of nitrogens with zero attached hydrogens (tertiary/aromatic N) is 3. The molecule has 0 radical (unpaired) electrons. The van der Waals surface area contributed by atoms with Crippen LogP contribution in [-0.2, 0) is 46.5 Å². The number of nitrogens with one attached hydrogen (secondary N) is 2. The third kappa shape index (κ3) is 11.0. The van der Waals surface area contributed by atoms with Gasteiger partial charge in [-0.2, -0.15) is 0 Å². The Balaban J connectivity index is 0.961. The van der Waals surface area contributed by atoms with E-state index < -0.39 is 5.60 Å². The van der Waals surface area contributed by atoms with Crippen LogP contribution < -0.4 is 10.6 Å². The first-order chi connectivity index (χ1) is 28.8. The van der Waals surface area contributed by atoms with Crippen molar-refractivity contribution in [2.24, 2.45) is 0 Å². The van der Waals surface area contributed by atoms with Crippen LogP contribution in [0.25, 0.3) is 0 Å². The van der Waals surface area contributed by atoms with Crippen molar-refractivity contribution in [3.8, 4) is 0 Å². The Morgan fingerprint density at radius 3 is 2.07 bits per heavy atom. The van der Waals surface area contributed by atoms with Crippen LogP contribution >= 0.6 is 11.3 Å². The summed E-state index contributed by atoms with van der Waals surface area (Å²) < 4.78 is 10.3. The van der Waals surface area contributed by atoms with E-state index >= 15 is 0 Å². The van der Waals surface area contributed by atoms with Crippen LogP contribution in [0.4, 0.5) is 15.5 Å². The molecule has 13 heteroatoms. The summed E-state index contributed by atoms with van der Waals surface area (Å²) in [6.07, 6.45) is 6.99. The number of esters is 1. The standard InChI is InChI=1S/C47H55N5O7S/c1-47(2,3)59-46(57)51-26-24-50(25-27-51)40(53)30-52(37-22-23-37)29-33-8-7-9-35(28-33)42(54)49-44-41(38-10-5-6-11-39(38)60-44)43(55)48-36-20-16-32(17-21-36)13-12-31-14-18-34(19-15-31)45(56)58-4/h7-9,14-21,28,37H,5-6,10-13,22-27,29-30H2,1-4H3,(H,48,55)(H,49,54). The fourth-order valence-corrected chi connectivity index (χ4v) is 9.05. The van der Waals surface area contributed by atoms with Gasteiger partial charge in [0.25, 0.3) is 11.8 Å². The van der Waals surface area contributed by atoms with Crippen molar-refractivity contribution in [1.29, 1.82) is 0 Å². The predicted octanol–water partition coefficient (Wildman–Crippen LogP) is 7.75. The lowest BCUT2D eigenvalue weighted by Gasteiger charge is -2.36. The van der Waals surface area contributed by atoms with E-state index in [9.17, 15) is 24.0 Å². The molecule has 316 valence electrons. The minimum atomic E-state index is -0.571. The van der Waals surface area contributed by atoms with Crippen LogP contribution in [0.3, 0.4) is 0 Å². The molecule has 0 bridgehead atoms. The largest absolute Gasteiger partial charge is 0.465 e. The molecule has 1 aliphatic heterocycles. The Morgan fingerprint density at radius 2 is 1.42 bits per heavy atom. The summed E-state index contributed by atoms with van der Waals surface area (Å²) in [4.78, 5) is 72.4. The maximum atomic E-state index is 14.0. The molecule has 0 atom stereocenters. The van der Waals surface area contributed by atoms with Gasteiger partial charge in [0.2, 0.25) is 5.91 Å². The van der Waals surface area contributed by atoms with Gasteiger partial charge in [0.05, 0.1) is 24.8 Å². The Morgan fingerprint density at radius 1 is 0.767 bits per heavy atom. The van der Waals surface area contributed by atoms with E-state index in [1.807, 2.05) is 80.3 Å². The molecule has 1 aromatic heterocycles. The number of fused-ring (bicyclic) bond motifs is 1. The van der Waals surface area contributed by atoms with Gasteiger partial charge in [-0.1, -0.05) is 36.4 Å². The van der Waals surface area contributed by atoms with Crippen LogP contribution in [0.5, 0.6) is 0 Å². The van der Waals surface area contributed by atoms with Crippen molar-refractivity contribution in [2.75, 3.05) is 50.5 Å². The zero-order valence-corrected chi connectivity index (χ0v) is 35.8. The SMILES string of the molecule is COC(=O)c1ccc(CCc2ccc(NC(=O)c3c(NC(=O)c4cccc(CN(CC(=O)N5CCN(C(=O)OC(C)(C)C)CC5)C5CC5)c4)sc4c3CCCC4)cc2)cc1. The zero-order valence-electron chi connectivity index (χ0n) is 35.0. The van der Waals surface area contributed by atoms with Gasteiger partial charge in [-0.3, -0.25) is 19.3 Å². The fourth-order valence-electron chi connectivity index (χ4n) is 7.77. The van der Waals surface area contributed by atoms with Gasteiger partial charge in [-0.25, -0.2) is 9.59 Å². The highest BCUT2D eigenvalue weighted by atomic mass is 32.1. The van der Waals surface area contributed by atoms with Crippen molar-refractivity contribution in [1.82, 2.24) is 14.7 Å². The number of ether oxygens (including phenoxy) is 2. The first-order valence-corrected chi connectivity index (χ1v) is 21.8. The lowest BCUT2D eigenvalue weighted by atomic mass is 9.95. The minimum absolute atomic E-state index is 0.0314. The van der Waals surface area contributed by atoms with E-state index in [0.717, 1.165) is 78.5 Å². The van der Waals surface area contributed by atoms with Gasteiger partial charge in [0.1, 0.15) is 10.6 Å². The molecule has 7 rings (SSSR count). The number of thiophene rings is 1. The molecule has 60 heavy (non-hydrogen) atoms. The molecule has 3 aromatic carbocycles. The number of carbonyl (C=O) groups excluding carboxylic acids is 5. The molecule has 4 amide bonds. The molecule has 2 N–H and O–H groups in total. The van der Waals surface area contributed by atoms with Crippen LogP contribution in [0.1, 0.15) is 105 Å². The molecule has 3 aliphatic rings. The quantitative estimate of drug-likeness (QED) is 0.131. The van der Waals surface area contributed by atoms with Gasteiger partial charge in [-0.05, 0) is 131 Å². The highest BCUT2D eigenvalue weighted by Crippen LogP contribution is 2.39. The average molecular weight is 834 g/mol. The Hall–Kier alpha value is -5.53. The maximum Gasteiger partial charge on any atom is 0.410 e. The molecule has 0 unspecified atom stereocenters. The van der Waals surface area contributed by atoms with Crippen LogP contribution in [0, 0.1) is 0 Å². The Kier molecular flexibility index (Phi) is 13.4. The third-order valence-electron chi connectivity index (χ3n) is 11.2. The van der Waals surface area contributed by atoms with E-state index in [4.69, 9.17) is 9.47 Å². The topological polar surface area (TPSA) is 138 Å². The third-order valence-corrected chi connectivity index (χ3v) is 12.4. The molecule has 1 saturated heterocycles. The predicted molar refractivity (Wildman–Crippen MR) is 233 cm³/mol. The molecule has 0 spiro atoms. The minimum Gasteiger partial charge on any atom is -0.465 e. The van der Waals surface area contributed by atoms with E-state index in [0.29, 0.717) is 66.1 Å². The Bertz CT molecular complexity index is 2200. The highest BCUT2D eigenvalue weighted by molar-refractivity contribution is 7.17. The summed E-state index contributed by atoms with van der Waals surface area (Å²) in [5.74, 6) is -0.853. The normalized spacial score (nSPS) is 15.3. The number of piperazine rings is 1. The number of hydrogen-bond acceptors (Lipinski definition) is 9. The van der Waals surface area contributed by atoms with Gasteiger partial charge in [0.15, 0.2) is 0 Å². The first kappa shape index (κ1) is 42.6. The molecule has 12 nitrogen and oxygen atoms in total. The van der Waals surface area contributed by atoms with Gasteiger partial charge < -0.3 is 29.9 Å². The zero-order chi connectivity index (χ0) is 42.4. The molecule has 2 fully saturated rings. The summed E-state index contributed by atoms with van der Waals surface area (Å²) >= 11 is 1.49. The summed E-state index contributed by atoms with van der Waals surface area (Å²) in [5.41, 5.74) is 5.82. The monoisotopic (exact) mass is 833 g/mol. The summed E-state index contributed by atoms with van der Waals surface area (Å²) in [6, 6.07) is 23.0. The van der Waals surface area contributed by atoms with Crippen molar-refractivity contribution in [3.63, 3.8) is 0 Å². The summed E-state index contributed by atoms with van der Waals surface area (Å²) in [5, 5.41) is 6.74. The van der Waals surface area contributed by atoms with E-state index in [2.05, 4.69) is 15.5 Å². The average Bonchev–Trinajstić information content (AvgIpc) is 4.03. The fraction of sp³-hybridized carbons (Fsp3) is 0.426. The second-order valence-corrected chi connectivity index (χ2v) is 18.0. The highest BCUT2D eigenvalue weighted by Gasteiger charge is 2.34. The lowest BCUT2D eigenvalue weighted by molar-refractivity contribution is -0.134. The number of amides is 4. The second-order valence-electron chi connectivity index (χ2n) is 16.9. The van der Waals surface area contributed by atoms with Crippen LogP contribution in [0.2, 0.25) is 0 Å². The molecule has 4 aromatic rings. The van der Waals surface area contributed by atoms with Crippen molar-refractivity contribution < 1.29 is 33.4 Å². The number of methoxy groups -OCH3 is 1. The van der Waals surface area contributed by atoms with Crippen molar-refractivity contribution in [2.45, 2.75) is 90.3 Å². The van der Waals surface area contributed by atoms with Crippen molar-refractivity contribution in [3.05, 3.63) is 117 Å². The van der Waals surface area contributed by atoms with Gasteiger partial charge in [0, 0.05) is 54.9 Å². The number of hydrogen-bond donors (Lipinski definition) is 2. The smallest absolute Gasteiger partial charge is 0.410 e. The number of anilines is 2. The number of aryl methyl sites for hydroxylation is 3. The van der Waals surface area contributed by atoms with Crippen molar-refractivity contribution >= 4 is 51.8 Å². The summed E-state index contributed by atoms with van der Waals surface area (Å²) in [6.45, 7) is 8.12. The number of benzene rings is 3. The maximum absolute atomic E-state index is 14.0. The molecular formula is C47H55N5O7S. The Labute approximate surface area is 356 Å². The number of carbonyl (C=O) groups is 5. The second kappa shape index (κ2) is 18.8. The van der Waals surface area contributed by atoms with E-state index in [-0.39, 0.29) is 36.3 Å². The number of rotatable bonds is 13. The lowest BCUT2D eigenvalue weighted by Crippen LogP contribution is -2.53. The van der Waals surface area contributed by atoms with E-state index in [1.165, 1.54) is 18.4 Å². The first-order valence-electron chi connectivity index (χ1n) is 21.0.